The van der Waals surface area contributed by atoms with Crippen LogP contribution < -0.4 is 20.5 Å². The first-order valence-corrected chi connectivity index (χ1v) is 11.5. The lowest BCUT2D eigenvalue weighted by Gasteiger charge is -2.30. The molecule has 1 N–H and O–H groups in total. The van der Waals surface area contributed by atoms with Crippen LogP contribution in [0.4, 0.5) is 5.95 Å². The molecule has 0 bridgehead atoms. The van der Waals surface area contributed by atoms with Gasteiger partial charge in [0.25, 0.3) is 11.5 Å². The summed E-state index contributed by atoms with van der Waals surface area (Å²) >= 11 is 6.44. The van der Waals surface area contributed by atoms with Crippen molar-refractivity contribution in [2.45, 2.75) is 26.2 Å². The molecule has 0 unspecified atom stereocenters. The van der Waals surface area contributed by atoms with Crippen molar-refractivity contribution in [3.8, 4) is 5.75 Å². The fourth-order valence-corrected chi connectivity index (χ4v) is 4.16. The summed E-state index contributed by atoms with van der Waals surface area (Å²) in [6.07, 6.45) is 4.47. The number of halogens is 1. The number of benzene rings is 1. The zero-order chi connectivity index (χ0) is 23.5. The zero-order valence-electron chi connectivity index (χ0n) is 19.1. The van der Waals surface area contributed by atoms with Gasteiger partial charge in [-0.15, -0.1) is 0 Å². The maximum absolute atomic E-state index is 12.6. The molecule has 0 atom stereocenters. The van der Waals surface area contributed by atoms with E-state index in [4.69, 9.17) is 21.3 Å². The summed E-state index contributed by atoms with van der Waals surface area (Å²) in [6, 6.07) is 7.53. The fourth-order valence-electron chi connectivity index (χ4n) is 4.00. The number of hydrogen-bond donors (Lipinski definition) is 1. The molecule has 1 aromatic carbocycles. The number of piperidine rings is 1. The highest BCUT2D eigenvalue weighted by Gasteiger charge is 2.19. The Kier molecular flexibility index (Phi) is 6.83. The molecular weight excluding hydrogens is 442 g/mol. The monoisotopic (exact) mass is 469 g/mol. The molecule has 0 aliphatic carbocycles. The molecule has 8 nitrogen and oxygen atoms in total. The maximum atomic E-state index is 12.6. The zero-order valence-corrected chi connectivity index (χ0v) is 19.9. The van der Waals surface area contributed by atoms with Crippen LogP contribution in [0.3, 0.4) is 0 Å². The number of aryl methyl sites for hydroxylation is 1. The van der Waals surface area contributed by atoms with Gasteiger partial charge in [-0.3, -0.25) is 9.59 Å². The van der Waals surface area contributed by atoms with Gasteiger partial charge in [0.2, 0.25) is 5.95 Å². The standard InChI is InChI=1S/C24H28ClN5O3/c1-15-6-8-30(9-7-15)24-27-13-18(25)19(28-24)11-16-4-5-20-17(10-16)12-21(23(32)29(20)3)33-14-22(31)26-2/h4-5,10,12-13,15H,6-9,11,14H2,1-3H3,(H,26,31). The molecule has 0 spiro atoms. The molecular formula is C24H28ClN5O3. The van der Waals surface area contributed by atoms with Gasteiger partial charge in [-0.2, -0.15) is 0 Å². The molecule has 1 saturated heterocycles. The molecule has 4 rings (SSSR count). The third kappa shape index (κ3) is 5.11. The Bertz CT molecular complexity index is 1230. The summed E-state index contributed by atoms with van der Waals surface area (Å²) in [5.41, 5.74) is 2.24. The predicted octanol–water partition coefficient (Wildman–Crippen LogP) is 2.93. The van der Waals surface area contributed by atoms with Gasteiger partial charge in [-0.25, -0.2) is 9.97 Å². The van der Waals surface area contributed by atoms with Crippen molar-refractivity contribution in [1.82, 2.24) is 19.9 Å². The van der Waals surface area contributed by atoms with Crippen LogP contribution in [-0.2, 0) is 18.3 Å². The second-order valence-electron chi connectivity index (χ2n) is 8.54. The number of aromatic nitrogens is 3. The van der Waals surface area contributed by atoms with E-state index in [1.165, 1.54) is 11.6 Å². The van der Waals surface area contributed by atoms with E-state index in [0.29, 0.717) is 11.4 Å². The average Bonchev–Trinajstić information content (AvgIpc) is 2.82. The van der Waals surface area contributed by atoms with Gasteiger partial charge in [0.15, 0.2) is 12.4 Å². The largest absolute Gasteiger partial charge is 0.478 e. The molecule has 1 amide bonds. The Labute approximate surface area is 197 Å². The number of carbonyl (C=O) groups is 1. The van der Waals surface area contributed by atoms with Gasteiger partial charge in [0.05, 0.1) is 22.4 Å². The molecule has 3 heterocycles. The molecule has 1 aliphatic heterocycles. The van der Waals surface area contributed by atoms with Crippen molar-refractivity contribution in [2.24, 2.45) is 13.0 Å². The first-order valence-electron chi connectivity index (χ1n) is 11.1. The lowest BCUT2D eigenvalue weighted by atomic mass is 10.00. The molecule has 0 radical (unpaired) electrons. The van der Waals surface area contributed by atoms with Gasteiger partial charge >= 0.3 is 0 Å². The first-order chi connectivity index (χ1) is 15.9. The molecule has 1 fully saturated rings. The van der Waals surface area contributed by atoms with Crippen LogP contribution in [0, 0.1) is 5.92 Å². The summed E-state index contributed by atoms with van der Waals surface area (Å²) in [5, 5.41) is 3.84. The van der Waals surface area contributed by atoms with Gasteiger partial charge in [-0.05, 0) is 42.5 Å². The van der Waals surface area contributed by atoms with Crippen LogP contribution in [0.2, 0.25) is 5.02 Å². The van der Waals surface area contributed by atoms with Crippen molar-refractivity contribution >= 4 is 34.4 Å². The maximum Gasteiger partial charge on any atom is 0.293 e. The van der Waals surface area contributed by atoms with Crippen molar-refractivity contribution in [1.29, 1.82) is 0 Å². The number of pyridine rings is 1. The Hall–Kier alpha value is -3.13. The van der Waals surface area contributed by atoms with Crippen molar-refractivity contribution < 1.29 is 9.53 Å². The SMILES string of the molecule is CNC(=O)COc1cc2cc(Cc3nc(N4CCC(C)CC4)ncc3Cl)ccc2n(C)c1=O. The summed E-state index contributed by atoms with van der Waals surface area (Å²) in [4.78, 5) is 35.5. The number of nitrogens with one attached hydrogen (secondary N) is 1. The second-order valence-corrected chi connectivity index (χ2v) is 8.95. The van der Waals surface area contributed by atoms with E-state index in [0.717, 1.165) is 60.0 Å². The van der Waals surface area contributed by atoms with Gasteiger partial charge < -0.3 is 19.5 Å². The third-order valence-electron chi connectivity index (χ3n) is 6.13. The minimum absolute atomic E-state index is 0.132. The van der Waals surface area contributed by atoms with Crippen molar-refractivity contribution in [3.05, 3.63) is 57.1 Å². The average molecular weight is 470 g/mol. The Morgan fingerprint density at radius 2 is 2.03 bits per heavy atom. The van der Waals surface area contributed by atoms with Crippen LogP contribution in [0.1, 0.15) is 31.0 Å². The highest BCUT2D eigenvalue weighted by atomic mass is 35.5. The van der Waals surface area contributed by atoms with E-state index in [1.807, 2.05) is 18.2 Å². The number of anilines is 1. The van der Waals surface area contributed by atoms with Gasteiger partial charge in [-0.1, -0.05) is 24.6 Å². The van der Waals surface area contributed by atoms with Gasteiger partial charge in [0, 0.05) is 39.0 Å². The molecule has 1 aliphatic rings. The highest BCUT2D eigenvalue weighted by Crippen LogP contribution is 2.25. The molecule has 33 heavy (non-hydrogen) atoms. The number of nitrogens with zero attached hydrogens (tertiary/aromatic N) is 4. The predicted molar refractivity (Wildman–Crippen MR) is 129 cm³/mol. The lowest BCUT2D eigenvalue weighted by molar-refractivity contribution is -0.122. The van der Waals surface area contributed by atoms with Crippen LogP contribution in [-0.4, -0.2) is 47.2 Å². The minimum atomic E-state index is -0.303. The highest BCUT2D eigenvalue weighted by molar-refractivity contribution is 6.31. The summed E-state index contributed by atoms with van der Waals surface area (Å²) < 4.78 is 6.97. The van der Waals surface area contributed by atoms with E-state index >= 15 is 0 Å². The molecule has 2 aromatic heterocycles. The number of ether oxygens (including phenoxy) is 1. The molecule has 9 heteroatoms. The quantitative estimate of drug-likeness (QED) is 0.597. The Balaban J connectivity index is 1.61. The normalized spacial score (nSPS) is 14.5. The lowest BCUT2D eigenvalue weighted by Crippen LogP contribution is -2.34. The minimum Gasteiger partial charge on any atom is -0.478 e. The summed E-state index contributed by atoms with van der Waals surface area (Å²) in [7, 11) is 3.20. The number of amides is 1. The van der Waals surface area contributed by atoms with E-state index in [9.17, 15) is 9.59 Å². The molecule has 3 aromatic rings. The first kappa shape index (κ1) is 23.0. The van der Waals surface area contributed by atoms with Crippen LogP contribution in [0.15, 0.2) is 35.3 Å². The smallest absolute Gasteiger partial charge is 0.293 e. The summed E-state index contributed by atoms with van der Waals surface area (Å²) in [5.74, 6) is 1.27. The van der Waals surface area contributed by atoms with E-state index < -0.39 is 0 Å². The number of likely N-dealkylation sites (N-methyl/N-ethyl adjacent to an activating group) is 1. The Morgan fingerprint density at radius 3 is 2.76 bits per heavy atom. The van der Waals surface area contributed by atoms with Crippen molar-refractivity contribution in [3.63, 3.8) is 0 Å². The van der Waals surface area contributed by atoms with Crippen LogP contribution in [0.25, 0.3) is 10.9 Å². The molecule has 0 saturated carbocycles. The molecule has 174 valence electrons. The third-order valence-corrected chi connectivity index (χ3v) is 6.45. The van der Waals surface area contributed by atoms with E-state index in [2.05, 4.69) is 22.1 Å². The van der Waals surface area contributed by atoms with Crippen LogP contribution in [0.5, 0.6) is 5.75 Å². The number of rotatable bonds is 6. The van der Waals surface area contributed by atoms with Crippen molar-refractivity contribution in [2.75, 3.05) is 31.6 Å². The Morgan fingerprint density at radius 1 is 1.27 bits per heavy atom. The number of carbonyl (C=O) groups excluding carboxylic acids is 1. The fraction of sp³-hybridized carbons (Fsp3) is 0.417. The number of hydrogen-bond acceptors (Lipinski definition) is 6. The second kappa shape index (κ2) is 9.79. The van der Waals surface area contributed by atoms with E-state index in [-0.39, 0.29) is 23.8 Å². The number of fused-ring (bicyclic) bond motifs is 1. The van der Waals surface area contributed by atoms with E-state index in [1.54, 1.807) is 19.3 Å². The van der Waals surface area contributed by atoms with Gasteiger partial charge in [0.1, 0.15) is 0 Å². The van der Waals surface area contributed by atoms with Crippen LogP contribution >= 0.6 is 11.6 Å². The topological polar surface area (TPSA) is 89.3 Å². The summed E-state index contributed by atoms with van der Waals surface area (Å²) in [6.45, 7) is 3.96.